The summed E-state index contributed by atoms with van der Waals surface area (Å²) in [7, 11) is -2.70. The molecule has 0 amide bonds. The van der Waals surface area contributed by atoms with Crippen molar-refractivity contribution in [2.24, 2.45) is 0 Å². The van der Waals surface area contributed by atoms with E-state index in [0.29, 0.717) is 0 Å². The molecule has 0 atom stereocenters. The molecule has 0 fully saturated rings. The Hall–Kier alpha value is -0.710. The lowest BCUT2D eigenvalue weighted by molar-refractivity contribution is -0.121. The van der Waals surface area contributed by atoms with Crippen molar-refractivity contribution in [2.45, 2.75) is 0 Å². The summed E-state index contributed by atoms with van der Waals surface area (Å²) in [6.45, 7) is 0. The van der Waals surface area contributed by atoms with Crippen LogP contribution in [-0.2, 0) is 15.1 Å². The van der Waals surface area contributed by atoms with Crippen molar-refractivity contribution in [3.8, 4) is 0 Å². The molecule has 0 unspecified atom stereocenters. The van der Waals surface area contributed by atoms with Gasteiger partial charge in [-0.2, -0.15) is 12.8 Å². The first kappa shape index (κ1) is 6.29. The average molecular weight is 124 g/mol. The fourth-order valence-electron chi connectivity index (χ4n) is 0.0757. The van der Waals surface area contributed by atoms with Crippen molar-refractivity contribution >= 4 is 21.7 Å². The van der Waals surface area contributed by atoms with E-state index in [0.717, 1.165) is 0 Å². The molecule has 5 heteroatoms. The van der Waals surface area contributed by atoms with Crippen LogP contribution in [0.4, 0.5) is 4.39 Å². The molecule has 0 saturated heterocycles. The summed E-state index contributed by atoms with van der Waals surface area (Å²) < 4.78 is 29.5. The number of rotatable bonds is 1. The number of carbonyl (C=O) groups is 1. The molecule has 0 N–H and O–H groups in total. The lowest BCUT2D eigenvalue weighted by Gasteiger charge is -1.56. The number of halogens is 1. The van der Waals surface area contributed by atoms with Crippen LogP contribution in [0.15, 0.2) is 0 Å². The van der Waals surface area contributed by atoms with Crippen LogP contribution in [0.1, 0.15) is 0 Å². The van der Waals surface area contributed by atoms with E-state index < -0.39 is 16.3 Å². The van der Waals surface area contributed by atoms with Crippen molar-refractivity contribution in [3.63, 3.8) is 0 Å². The predicted octanol–water partition coefficient (Wildman–Crippen LogP) is -0.836. The van der Waals surface area contributed by atoms with Crippen molar-refractivity contribution in [1.82, 2.24) is 0 Å². The van der Waals surface area contributed by atoms with Crippen LogP contribution in [0.3, 0.4) is 0 Å². The minimum Gasteiger partial charge on any atom is -0.255 e. The molecule has 3 nitrogen and oxygen atoms in total. The number of hydrogen-bond donors (Lipinski definition) is 0. The molecular formula is C2HFO3S. The van der Waals surface area contributed by atoms with Gasteiger partial charge < -0.3 is 0 Å². The zero-order valence-corrected chi connectivity index (χ0v) is 3.90. The first-order chi connectivity index (χ1) is 3.13. The Morgan fingerprint density at radius 1 is 1.57 bits per heavy atom. The van der Waals surface area contributed by atoms with E-state index in [1.54, 1.807) is 0 Å². The van der Waals surface area contributed by atoms with Crippen LogP contribution >= 0.6 is 0 Å². The van der Waals surface area contributed by atoms with Gasteiger partial charge >= 0.3 is 6.04 Å². The maximum atomic E-state index is 10.9. The summed E-state index contributed by atoms with van der Waals surface area (Å²) in [5.41, 5.74) is 0. The molecule has 40 valence electrons. The smallest absolute Gasteiger partial charge is 0.255 e. The van der Waals surface area contributed by atoms with Crippen molar-refractivity contribution in [1.29, 1.82) is 0 Å². The molecular weight excluding hydrogens is 123 g/mol. The molecule has 0 radical (unpaired) electrons. The first-order valence-corrected chi connectivity index (χ1v) is 2.39. The molecule has 0 aliphatic carbocycles. The highest BCUT2D eigenvalue weighted by Gasteiger charge is 1.86. The lowest BCUT2D eigenvalue weighted by atomic mass is 10.9. The fourth-order valence-corrected chi connectivity index (χ4v) is 0.227. The van der Waals surface area contributed by atoms with Gasteiger partial charge in [0.05, 0.1) is 0 Å². The highest BCUT2D eigenvalue weighted by atomic mass is 32.2. The van der Waals surface area contributed by atoms with Gasteiger partial charge in [-0.25, -0.2) is 0 Å². The molecule has 0 bridgehead atoms. The summed E-state index contributed by atoms with van der Waals surface area (Å²) in [5.74, 6) is 0. The fraction of sp³-hybridized carbons (Fsp3) is 0. The van der Waals surface area contributed by atoms with Crippen LogP contribution in [0.5, 0.6) is 0 Å². The Labute approximate surface area is 40.3 Å². The van der Waals surface area contributed by atoms with Gasteiger partial charge in [0.2, 0.25) is 10.3 Å². The SMILES string of the molecule is O=C(F)C=S(=O)=O. The van der Waals surface area contributed by atoms with Gasteiger partial charge in [0, 0.05) is 0 Å². The molecule has 7 heavy (non-hydrogen) atoms. The minimum atomic E-state index is -2.70. The lowest BCUT2D eigenvalue weighted by Crippen LogP contribution is -1.86. The van der Waals surface area contributed by atoms with Gasteiger partial charge in [0.15, 0.2) is 0 Å². The number of hydrogen-bond acceptors (Lipinski definition) is 3. The second-order valence-electron chi connectivity index (χ2n) is 0.682. The van der Waals surface area contributed by atoms with Crippen LogP contribution in [0.25, 0.3) is 0 Å². The maximum Gasteiger partial charge on any atom is 0.340 e. The van der Waals surface area contributed by atoms with E-state index >= 15 is 0 Å². The topological polar surface area (TPSA) is 51.2 Å². The second-order valence-corrected chi connectivity index (χ2v) is 1.44. The third-order valence-electron chi connectivity index (χ3n) is 0.189. The number of carbonyl (C=O) groups excluding carboxylic acids is 1. The summed E-state index contributed by atoms with van der Waals surface area (Å²) in [4.78, 5) is 9.14. The molecule has 0 heterocycles. The van der Waals surface area contributed by atoms with E-state index in [9.17, 15) is 12.8 Å². The normalized spacial score (nSPS) is 7.57. The molecule has 0 aliphatic heterocycles. The predicted molar refractivity (Wildman–Crippen MR) is 21.1 cm³/mol. The van der Waals surface area contributed by atoms with Gasteiger partial charge in [-0.1, -0.05) is 0 Å². The highest BCUT2D eigenvalue weighted by Crippen LogP contribution is 1.59. The van der Waals surface area contributed by atoms with Crippen LogP contribution in [0, 0.1) is 0 Å². The third kappa shape index (κ3) is 5.29. The Balaban J connectivity index is 4.26. The Morgan fingerprint density at radius 2 is 2.00 bits per heavy atom. The average Bonchev–Trinajstić information content (AvgIpc) is 1.27. The second kappa shape index (κ2) is 2.46. The molecule has 0 saturated carbocycles. The summed E-state index contributed by atoms with van der Waals surface area (Å²) in [5, 5.41) is -0.0556. The van der Waals surface area contributed by atoms with Gasteiger partial charge in [-0.3, -0.25) is 4.79 Å². The van der Waals surface area contributed by atoms with E-state index in [1.807, 2.05) is 0 Å². The Bertz CT molecular complexity index is 181. The van der Waals surface area contributed by atoms with Crippen molar-refractivity contribution in [3.05, 3.63) is 0 Å². The molecule has 0 rings (SSSR count). The summed E-state index contributed by atoms with van der Waals surface area (Å²) >= 11 is 0. The van der Waals surface area contributed by atoms with Crippen molar-refractivity contribution < 1.29 is 17.6 Å². The quantitative estimate of drug-likeness (QED) is 0.338. The van der Waals surface area contributed by atoms with Gasteiger partial charge in [-0.05, 0) is 0 Å². The first-order valence-electron chi connectivity index (χ1n) is 1.25. The molecule has 0 spiro atoms. The van der Waals surface area contributed by atoms with E-state index in [1.165, 1.54) is 0 Å². The maximum absolute atomic E-state index is 10.9. The standard InChI is InChI=1S/C2HFO3S/c3-2(4)1-7(5)6/h1H. The van der Waals surface area contributed by atoms with Crippen LogP contribution < -0.4 is 0 Å². The van der Waals surface area contributed by atoms with Gasteiger partial charge in [0.25, 0.3) is 0 Å². The highest BCUT2D eigenvalue weighted by molar-refractivity contribution is 7.73. The largest absolute Gasteiger partial charge is 0.340 e. The molecule has 0 aromatic carbocycles. The van der Waals surface area contributed by atoms with Crippen molar-refractivity contribution in [2.75, 3.05) is 0 Å². The van der Waals surface area contributed by atoms with E-state index in [4.69, 9.17) is 4.79 Å². The molecule has 0 aromatic heterocycles. The third-order valence-corrected chi connectivity index (χ3v) is 0.567. The molecule has 0 aliphatic rings. The van der Waals surface area contributed by atoms with Gasteiger partial charge in [0.1, 0.15) is 5.37 Å². The van der Waals surface area contributed by atoms with Crippen LogP contribution in [-0.4, -0.2) is 19.8 Å². The molecule has 0 aromatic rings. The van der Waals surface area contributed by atoms with Crippen LogP contribution in [0.2, 0.25) is 0 Å². The monoisotopic (exact) mass is 124 g/mol. The zero-order chi connectivity index (χ0) is 5.86. The summed E-state index contributed by atoms with van der Waals surface area (Å²) in [6, 6.07) is -1.95. The van der Waals surface area contributed by atoms with E-state index in [-0.39, 0.29) is 5.37 Å². The van der Waals surface area contributed by atoms with Gasteiger partial charge in [-0.15, -0.1) is 0 Å². The summed E-state index contributed by atoms with van der Waals surface area (Å²) in [6.07, 6.45) is 0. The zero-order valence-electron chi connectivity index (χ0n) is 3.09. The van der Waals surface area contributed by atoms with E-state index in [2.05, 4.69) is 0 Å². The minimum absolute atomic E-state index is 0.0556. The Morgan fingerprint density at radius 3 is 2.00 bits per heavy atom. The Kier molecular flexibility index (Phi) is 2.21.